The number of carbonyl (C=O) groups excluding carboxylic acids is 2. The van der Waals surface area contributed by atoms with Crippen LogP contribution in [0.4, 0.5) is 5.82 Å². The van der Waals surface area contributed by atoms with Gasteiger partial charge in [-0.3, -0.25) is 9.59 Å². The third-order valence-electron chi connectivity index (χ3n) is 2.20. The second-order valence-corrected chi connectivity index (χ2v) is 3.41. The van der Waals surface area contributed by atoms with Gasteiger partial charge in [-0.1, -0.05) is 18.2 Å². The lowest BCUT2D eigenvalue weighted by Gasteiger charge is -2.03. The zero-order chi connectivity index (χ0) is 12.1. The van der Waals surface area contributed by atoms with Crippen LogP contribution in [-0.4, -0.2) is 17.2 Å². The van der Waals surface area contributed by atoms with E-state index in [1.807, 2.05) is 6.07 Å². The Labute approximate surface area is 98.3 Å². The lowest BCUT2D eigenvalue weighted by atomic mass is 10.2. The number of pyridine rings is 1. The lowest BCUT2D eigenvalue weighted by Crippen LogP contribution is -2.12. The van der Waals surface area contributed by atoms with Crippen molar-refractivity contribution in [2.45, 2.75) is 0 Å². The quantitative estimate of drug-likeness (QED) is 0.816. The second-order valence-electron chi connectivity index (χ2n) is 3.41. The van der Waals surface area contributed by atoms with Gasteiger partial charge in [-0.2, -0.15) is 0 Å². The normalized spacial score (nSPS) is 9.65. The Bertz CT molecular complexity index is 521. The number of anilines is 1. The monoisotopic (exact) mass is 226 g/mol. The van der Waals surface area contributed by atoms with Crippen LogP contribution < -0.4 is 5.32 Å². The van der Waals surface area contributed by atoms with E-state index in [1.54, 1.807) is 36.4 Å². The second kappa shape index (κ2) is 5.03. The van der Waals surface area contributed by atoms with Gasteiger partial charge in [0.15, 0.2) is 6.29 Å². The van der Waals surface area contributed by atoms with E-state index in [0.717, 1.165) is 0 Å². The van der Waals surface area contributed by atoms with Crippen LogP contribution >= 0.6 is 0 Å². The van der Waals surface area contributed by atoms with Crippen molar-refractivity contribution in [1.82, 2.24) is 4.98 Å². The van der Waals surface area contributed by atoms with Crippen LogP contribution in [0, 0.1) is 0 Å². The molecule has 0 aliphatic heterocycles. The van der Waals surface area contributed by atoms with Crippen molar-refractivity contribution in [3.8, 4) is 0 Å². The number of benzene rings is 1. The van der Waals surface area contributed by atoms with Crippen molar-refractivity contribution in [3.63, 3.8) is 0 Å². The van der Waals surface area contributed by atoms with Crippen LogP contribution in [0.5, 0.6) is 0 Å². The highest BCUT2D eigenvalue weighted by atomic mass is 16.1. The van der Waals surface area contributed by atoms with Crippen LogP contribution in [0.25, 0.3) is 0 Å². The van der Waals surface area contributed by atoms with Crippen molar-refractivity contribution >= 4 is 18.0 Å². The van der Waals surface area contributed by atoms with Crippen molar-refractivity contribution in [3.05, 3.63) is 59.8 Å². The molecule has 17 heavy (non-hydrogen) atoms. The highest BCUT2D eigenvalue weighted by Crippen LogP contribution is 2.06. The zero-order valence-electron chi connectivity index (χ0n) is 8.96. The summed E-state index contributed by atoms with van der Waals surface area (Å²) in [6.45, 7) is 0. The Morgan fingerprint density at radius 1 is 1.12 bits per heavy atom. The molecule has 84 valence electrons. The number of rotatable bonds is 3. The summed E-state index contributed by atoms with van der Waals surface area (Å²) < 4.78 is 0. The molecule has 1 aromatic carbocycles. The van der Waals surface area contributed by atoms with Crippen molar-refractivity contribution in [2.75, 3.05) is 5.32 Å². The van der Waals surface area contributed by atoms with E-state index >= 15 is 0 Å². The third kappa shape index (κ3) is 2.75. The number of carbonyl (C=O) groups is 2. The number of hydrogen-bond donors (Lipinski definition) is 1. The topological polar surface area (TPSA) is 59.1 Å². The number of aromatic nitrogens is 1. The molecule has 1 heterocycles. The molecule has 0 aliphatic rings. The third-order valence-corrected chi connectivity index (χ3v) is 2.20. The first-order chi connectivity index (χ1) is 8.29. The fraction of sp³-hybridized carbons (Fsp3) is 0. The molecule has 1 aromatic heterocycles. The van der Waals surface area contributed by atoms with Gasteiger partial charge in [-0.15, -0.1) is 0 Å². The van der Waals surface area contributed by atoms with Gasteiger partial charge in [0.25, 0.3) is 5.91 Å². The molecule has 2 aromatic rings. The molecule has 0 aliphatic carbocycles. The van der Waals surface area contributed by atoms with E-state index in [2.05, 4.69) is 10.3 Å². The minimum atomic E-state index is -0.225. The molecule has 2 rings (SSSR count). The van der Waals surface area contributed by atoms with Gasteiger partial charge in [0.1, 0.15) is 5.82 Å². The molecule has 0 spiro atoms. The van der Waals surface area contributed by atoms with Crippen LogP contribution in [0.15, 0.2) is 48.7 Å². The molecule has 1 amide bonds. The summed E-state index contributed by atoms with van der Waals surface area (Å²) in [6, 6.07) is 12.0. The molecule has 4 heteroatoms. The van der Waals surface area contributed by atoms with E-state index in [9.17, 15) is 9.59 Å². The number of aldehydes is 1. The maximum Gasteiger partial charge on any atom is 0.256 e. The van der Waals surface area contributed by atoms with Gasteiger partial charge < -0.3 is 5.32 Å². The smallest absolute Gasteiger partial charge is 0.256 e. The van der Waals surface area contributed by atoms with Crippen LogP contribution in [0.2, 0.25) is 0 Å². The molecular formula is C13H10N2O2. The van der Waals surface area contributed by atoms with Crippen LogP contribution in [0.1, 0.15) is 20.7 Å². The SMILES string of the molecule is O=Cc1ccc(NC(=O)c2ccccc2)nc1. The summed E-state index contributed by atoms with van der Waals surface area (Å²) in [7, 11) is 0. The van der Waals surface area contributed by atoms with E-state index in [-0.39, 0.29) is 5.91 Å². The molecular weight excluding hydrogens is 216 g/mol. The largest absolute Gasteiger partial charge is 0.307 e. The van der Waals surface area contributed by atoms with Gasteiger partial charge in [0, 0.05) is 17.3 Å². The Hall–Kier alpha value is -2.49. The number of hydrogen-bond acceptors (Lipinski definition) is 3. The Morgan fingerprint density at radius 3 is 2.47 bits per heavy atom. The average Bonchev–Trinajstić information content (AvgIpc) is 2.40. The first-order valence-electron chi connectivity index (χ1n) is 5.07. The summed E-state index contributed by atoms with van der Waals surface area (Å²) in [5.74, 6) is 0.196. The van der Waals surface area contributed by atoms with Gasteiger partial charge >= 0.3 is 0 Å². The van der Waals surface area contributed by atoms with Crippen molar-refractivity contribution in [2.24, 2.45) is 0 Å². The van der Waals surface area contributed by atoms with E-state index < -0.39 is 0 Å². The molecule has 0 atom stereocenters. The Balaban J connectivity index is 2.10. The Kier molecular flexibility index (Phi) is 3.25. The molecule has 0 radical (unpaired) electrons. The minimum absolute atomic E-state index is 0.225. The predicted molar refractivity (Wildman–Crippen MR) is 64.0 cm³/mol. The van der Waals surface area contributed by atoms with E-state index in [0.29, 0.717) is 23.2 Å². The predicted octanol–water partition coefficient (Wildman–Crippen LogP) is 2.15. The van der Waals surface area contributed by atoms with E-state index in [4.69, 9.17) is 0 Å². The highest BCUT2D eigenvalue weighted by molar-refractivity contribution is 6.03. The van der Waals surface area contributed by atoms with Gasteiger partial charge in [-0.25, -0.2) is 4.98 Å². The van der Waals surface area contributed by atoms with Crippen molar-refractivity contribution in [1.29, 1.82) is 0 Å². The molecule has 0 bridgehead atoms. The highest BCUT2D eigenvalue weighted by Gasteiger charge is 2.05. The lowest BCUT2D eigenvalue weighted by molar-refractivity contribution is 0.102. The van der Waals surface area contributed by atoms with Crippen LogP contribution in [-0.2, 0) is 0 Å². The van der Waals surface area contributed by atoms with E-state index in [1.165, 1.54) is 6.20 Å². The van der Waals surface area contributed by atoms with Gasteiger partial charge in [0.2, 0.25) is 0 Å². The molecule has 0 unspecified atom stereocenters. The zero-order valence-corrected chi connectivity index (χ0v) is 8.96. The first kappa shape index (κ1) is 11.0. The molecule has 0 saturated heterocycles. The first-order valence-corrected chi connectivity index (χ1v) is 5.07. The standard InChI is InChI=1S/C13H10N2O2/c16-9-10-6-7-12(14-8-10)15-13(17)11-4-2-1-3-5-11/h1-9H,(H,14,15,17). The molecule has 0 saturated carbocycles. The number of amides is 1. The summed E-state index contributed by atoms with van der Waals surface area (Å²) >= 11 is 0. The van der Waals surface area contributed by atoms with Crippen LogP contribution in [0.3, 0.4) is 0 Å². The fourth-order valence-electron chi connectivity index (χ4n) is 1.33. The minimum Gasteiger partial charge on any atom is -0.307 e. The maximum absolute atomic E-state index is 11.7. The number of nitrogens with zero attached hydrogens (tertiary/aromatic N) is 1. The van der Waals surface area contributed by atoms with Crippen molar-refractivity contribution < 1.29 is 9.59 Å². The summed E-state index contributed by atoms with van der Waals surface area (Å²) in [4.78, 5) is 26.1. The van der Waals surface area contributed by atoms with Gasteiger partial charge in [-0.05, 0) is 24.3 Å². The molecule has 0 fully saturated rings. The number of nitrogens with one attached hydrogen (secondary N) is 1. The molecule has 4 nitrogen and oxygen atoms in total. The Morgan fingerprint density at radius 2 is 1.88 bits per heavy atom. The summed E-state index contributed by atoms with van der Waals surface area (Å²) in [5, 5.41) is 2.64. The summed E-state index contributed by atoms with van der Waals surface area (Å²) in [5.41, 5.74) is 1.04. The fourth-order valence-corrected chi connectivity index (χ4v) is 1.33. The van der Waals surface area contributed by atoms with Gasteiger partial charge in [0.05, 0.1) is 0 Å². The maximum atomic E-state index is 11.7. The molecule has 1 N–H and O–H groups in total. The average molecular weight is 226 g/mol. The summed E-state index contributed by atoms with van der Waals surface area (Å²) in [6.07, 6.45) is 2.11.